The molecule has 0 unspecified atom stereocenters. The molecule has 0 aliphatic heterocycles. The van der Waals surface area contributed by atoms with Crippen LogP contribution in [0.2, 0.25) is 0 Å². The van der Waals surface area contributed by atoms with Gasteiger partial charge in [0.2, 0.25) is 0 Å². The first-order valence-electron chi connectivity index (χ1n) is 8.45. The summed E-state index contributed by atoms with van der Waals surface area (Å²) >= 11 is 0. The predicted molar refractivity (Wildman–Crippen MR) is 97.9 cm³/mol. The zero-order valence-electron chi connectivity index (χ0n) is 15.1. The Hall–Kier alpha value is -3.05. The van der Waals surface area contributed by atoms with Crippen molar-refractivity contribution in [3.63, 3.8) is 0 Å². The lowest BCUT2D eigenvalue weighted by Gasteiger charge is -2.15. The summed E-state index contributed by atoms with van der Waals surface area (Å²) in [6.07, 6.45) is 1.26. The lowest BCUT2D eigenvalue weighted by molar-refractivity contribution is 0.102. The Labute approximate surface area is 160 Å². The van der Waals surface area contributed by atoms with Gasteiger partial charge in [-0.2, -0.15) is 0 Å². The predicted octanol–water partition coefficient (Wildman–Crippen LogP) is 3.45. The Morgan fingerprint density at radius 3 is 2.75 bits per heavy atom. The van der Waals surface area contributed by atoms with Crippen LogP contribution in [0.3, 0.4) is 0 Å². The van der Waals surface area contributed by atoms with Crippen molar-refractivity contribution >= 4 is 11.6 Å². The van der Waals surface area contributed by atoms with E-state index in [-0.39, 0.29) is 36.6 Å². The van der Waals surface area contributed by atoms with Gasteiger partial charge >= 0.3 is 0 Å². The van der Waals surface area contributed by atoms with Crippen LogP contribution in [0.25, 0.3) is 0 Å². The number of carbonyl (C=O) groups is 1. The summed E-state index contributed by atoms with van der Waals surface area (Å²) in [5.41, 5.74) is -0.270. The quantitative estimate of drug-likeness (QED) is 0.675. The largest absolute Gasteiger partial charge is 0.479 e. The number of carbonyl (C=O) groups excluding carboxylic acids is 1. The second kappa shape index (κ2) is 10.3. The van der Waals surface area contributed by atoms with Gasteiger partial charge in [-0.15, -0.1) is 5.92 Å². The monoisotopic (exact) mass is 392 g/mol. The first-order valence-corrected chi connectivity index (χ1v) is 8.45. The molecule has 0 saturated heterocycles. The zero-order valence-corrected chi connectivity index (χ0v) is 15.1. The molecule has 0 aliphatic rings. The molecule has 0 fully saturated rings. The number of anilines is 1. The van der Waals surface area contributed by atoms with Gasteiger partial charge in [-0.25, -0.2) is 13.8 Å². The number of hydrogen-bond donors (Lipinski definition) is 2. The van der Waals surface area contributed by atoms with Gasteiger partial charge in [-0.05, 0) is 37.1 Å². The van der Waals surface area contributed by atoms with Crippen LogP contribution in [0.5, 0.6) is 5.75 Å². The molecule has 28 heavy (non-hydrogen) atoms. The minimum Gasteiger partial charge on any atom is -0.479 e. The third-order valence-corrected chi connectivity index (χ3v) is 3.87. The first-order chi connectivity index (χ1) is 13.5. The van der Waals surface area contributed by atoms with Crippen LogP contribution in [0.1, 0.15) is 35.3 Å². The average molecular weight is 392 g/mol. The van der Waals surface area contributed by atoms with Gasteiger partial charge in [-0.3, -0.25) is 9.18 Å². The highest BCUT2D eigenvalue weighted by molar-refractivity contribution is 6.02. The molecule has 2 rings (SSSR count). The molecule has 0 radical (unpaired) electrons. The van der Waals surface area contributed by atoms with E-state index in [4.69, 9.17) is 9.84 Å². The number of halogens is 3. The molecule has 2 N–H and O–H groups in total. The molecule has 0 spiro atoms. The molecule has 148 valence electrons. The minimum absolute atomic E-state index is 0.0256. The lowest BCUT2D eigenvalue weighted by Crippen LogP contribution is -2.15. The SMILES string of the molecule is CC#CCOc1ccc(C(=O)Nc2cc(F)c(F)c([C@H](CF)CCO)c2)nc1. The third kappa shape index (κ3) is 5.47. The summed E-state index contributed by atoms with van der Waals surface area (Å²) in [5, 5.41) is 11.4. The number of alkyl halides is 1. The maximum atomic E-state index is 14.0. The number of nitrogens with zero attached hydrogens (tertiary/aromatic N) is 1. The van der Waals surface area contributed by atoms with Crippen molar-refractivity contribution in [1.29, 1.82) is 0 Å². The van der Waals surface area contributed by atoms with Gasteiger partial charge in [0.05, 0.1) is 12.9 Å². The molecule has 0 bridgehead atoms. The Balaban J connectivity index is 2.16. The number of rotatable bonds is 8. The van der Waals surface area contributed by atoms with Crippen LogP contribution in [-0.2, 0) is 0 Å². The molecule has 1 atom stereocenters. The van der Waals surface area contributed by atoms with Gasteiger partial charge in [0.15, 0.2) is 11.6 Å². The number of hydrogen-bond acceptors (Lipinski definition) is 4. The van der Waals surface area contributed by atoms with Crippen molar-refractivity contribution in [3.05, 3.63) is 53.4 Å². The molecular weight excluding hydrogens is 373 g/mol. The average Bonchev–Trinajstić information content (AvgIpc) is 2.69. The molecule has 5 nitrogen and oxygen atoms in total. The fourth-order valence-electron chi connectivity index (χ4n) is 2.44. The van der Waals surface area contributed by atoms with Crippen molar-refractivity contribution in [2.45, 2.75) is 19.3 Å². The number of aliphatic hydroxyl groups excluding tert-OH is 1. The number of benzene rings is 1. The molecule has 1 amide bonds. The van der Waals surface area contributed by atoms with Gasteiger partial charge in [0, 0.05) is 24.3 Å². The minimum atomic E-state index is -1.22. The fourth-order valence-corrected chi connectivity index (χ4v) is 2.44. The van der Waals surface area contributed by atoms with Crippen LogP contribution in [0.15, 0.2) is 30.5 Å². The Morgan fingerprint density at radius 2 is 2.14 bits per heavy atom. The highest BCUT2D eigenvalue weighted by Crippen LogP contribution is 2.28. The van der Waals surface area contributed by atoms with E-state index in [0.717, 1.165) is 12.1 Å². The van der Waals surface area contributed by atoms with E-state index >= 15 is 0 Å². The summed E-state index contributed by atoms with van der Waals surface area (Å²) in [5.74, 6) is 1.71. The Morgan fingerprint density at radius 1 is 1.36 bits per heavy atom. The number of pyridine rings is 1. The van der Waals surface area contributed by atoms with Gasteiger partial charge < -0.3 is 15.2 Å². The maximum absolute atomic E-state index is 14.0. The van der Waals surface area contributed by atoms with E-state index in [1.54, 1.807) is 6.92 Å². The van der Waals surface area contributed by atoms with Gasteiger partial charge in [0.25, 0.3) is 5.91 Å². The summed E-state index contributed by atoms with van der Waals surface area (Å²) in [7, 11) is 0. The highest BCUT2D eigenvalue weighted by atomic mass is 19.2. The molecule has 1 aromatic carbocycles. The standard InChI is InChI=1S/C20H19F3N2O3/c1-2-3-8-28-15-4-5-18(24-12-15)20(27)25-14-9-16(13(11-21)6-7-26)19(23)17(22)10-14/h4-5,9-10,12-13,26H,6-8,11H2,1H3,(H,25,27)/t13-/m0/s1. The van der Waals surface area contributed by atoms with Gasteiger partial charge in [-0.1, -0.05) is 5.92 Å². The molecule has 1 heterocycles. The van der Waals surface area contributed by atoms with E-state index in [9.17, 15) is 18.0 Å². The van der Waals surface area contributed by atoms with Crippen molar-refractivity contribution in [2.24, 2.45) is 0 Å². The topological polar surface area (TPSA) is 71.5 Å². The van der Waals surface area contributed by atoms with Gasteiger partial charge in [0.1, 0.15) is 18.1 Å². The van der Waals surface area contributed by atoms with E-state index in [2.05, 4.69) is 22.1 Å². The summed E-state index contributed by atoms with van der Waals surface area (Å²) in [6, 6.07) is 4.88. The second-order valence-corrected chi connectivity index (χ2v) is 5.77. The number of aromatic nitrogens is 1. The summed E-state index contributed by atoms with van der Waals surface area (Å²) in [4.78, 5) is 16.2. The molecule has 0 aliphatic carbocycles. The van der Waals surface area contributed by atoms with Crippen LogP contribution >= 0.6 is 0 Å². The zero-order chi connectivity index (χ0) is 20.5. The summed E-state index contributed by atoms with van der Waals surface area (Å²) < 4.78 is 46.3. The third-order valence-electron chi connectivity index (χ3n) is 3.87. The van der Waals surface area contributed by atoms with Crippen molar-refractivity contribution in [1.82, 2.24) is 4.98 Å². The normalized spacial score (nSPS) is 11.3. The fraction of sp³-hybridized carbons (Fsp3) is 0.300. The highest BCUT2D eigenvalue weighted by Gasteiger charge is 2.20. The molecule has 1 aromatic heterocycles. The van der Waals surface area contributed by atoms with E-state index in [0.29, 0.717) is 5.75 Å². The number of aliphatic hydroxyl groups is 1. The summed E-state index contributed by atoms with van der Waals surface area (Å²) in [6.45, 7) is 0.511. The molecule has 0 saturated carbocycles. The number of ether oxygens (including phenoxy) is 1. The van der Waals surface area contributed by atoms with Crippen LogP contribution in [0, 0.1) is 23.5 Å². The number of amides is 1. The first kappa shape index (κ1) is 21.3. The number of nitrogens with one attached hydrogen (secondary N) is 1. The molecular formula is C20H19F3N2O3. The van der Waals surface area contributed by atoms with Crippen LogP contribution in [0.4, 0.5) is 18.9 Å². The van der Waals surface area contributed by atoms with Crippen molar-refractivity contribution < 1.29 is 27.8 Å². The van der Waals surface area contributed by atoms with E-state index < -0.39 is 30.1 Å². The smallest absolute Gasteiger partial charge is 0.274 e. The Bertz CT molecular complexity index is 877. The molecule has 2 aromatic rings. The van der Waals surface area contributed by atoms with Crippen LogP contribution < -0.4 is 10.1 Å². The molecule has 8 heteroatoms. The van der Waals surface area contributed by atoms with E-state index in [1.807, 2.05) is 0 Å². The van der Waals surface area contributed by atoms with Crippen molar-refractivity contribution in [3.8, 4) is 17.6 Å². The van der Waals surface area contributed by atoms with Crippen LogP contribution in [-0.4, -0.2) is 35.9 Å². The second-order valence-electron chi connectivity index (χ2n) is 5.77. The Kier molecular flexibility index (Phi) is 7.84. The van der Waals surface area contributed by atoms with E-state index in [1.165, 1.54) is 18.3 Å². The maximum Gasteiger partial charge on any atom is 0.274 e. The van der Waals surface area contributed by atoms with Crippen molar-refractivity contribution in [2.75, 3.05) is 25.2 Å². The lowest BCUT2D eigenvalue weighted by atomic mass is 9.96.